The van der Waals surface area contributed by atoms with Crippen molar-refractivity contribution in [1.82, 2.24) is 15.1 Å². The smallest absolute Gasteiger partial charge is 0.0110 e. The first kappa shape index (κ1) is 14.3. The summed E-state index contributed by atoms with van der Waals surface area (Å²) in [4.78, 5) is 5.21. The van der Waals surface area contributed by atoms with Crippen LogP contribution in [0.15, 0.2) is 0 Å². The second-order valence-corrected chi connectivity index (χ2v) is 6.15. The Morgan fingerprint density at radius 2 is 1.50 bits per heavy atom. The monoisotopic (exact) mass is 253 g/mol. The summed E-state index contributed by atoms with van der Waals surface area (Å²) < 4.78 is 0. The fraction of sp³-hybridized carbons (Fsp3) is 1.00. The molecule has 3 aliphatic rings. The van der Waals surface area contributed by atoms with E-state index in [-0.39, 0.29) is 0 Å². The molecule has 3 fully saturated rings. The number of hydrogen-bond acceptors (Lipinski definition) is 3. The lowest BCUT2D eigenvalue weighted by atomic mass is 9.60. The molecule has 0 aromatic rings. The zero-order chi connectivity index (χ0) is 13.0. The molecule has 2 heterocycles. The Morgan fingerprint density at radius 1 is 0.944 bits per heavy atom. The van der Waals surface area contributed by atoms with Crippen molar-refractivity contribution < 1.29 is 0 Å². The average Bonchev–Trinajstić information content (AvgIpc) is 2.41. The molecule has 0 amide bonds. The van der Waals surface area contributed by atoms with Crippen LogP contribution in [0.25, 0.3) is 0 Å². The number of rotatable bonds is 1. The van der Waals surface area contributed by atoms with Gasteiger partial charge >= 0.3 is 0 Å². The van der Waals surface area contributed by atoms with Crippen LogP contribution in [-0.2, 0) is 0 Å². The second kappa shape index (κ2) is 6.36. The van der Waals surface area contributed by atoms with E-state index in [1.54, 1.807) is 0 Å². The molecule has 3 nitrogen and oxygen atoms in total. The van der Waals surface area contributed by atoms with Crippen molar-refractivity contribution in [1.29, 1.82) is 0 Å². The van der Waals surface area contributed by atoms with Gasteiger partial charge in [0, 0.05) is 32.2 Å². The van der Waals surface area contributed by atoms with Crippen LogP contribution in [-0.4, -0.2) is 62.2 Å². The summed E-state index contributed by atoms with van der Waals surface area (Å²) >= 11 is 0. The standard InChI is InChI=1S/C13H25N3.C2H6/c1-15-6-2-13(3-7-15)10-12(11-13)16-8-4-14-5-9-16;1-2/h12,14H,2-11H2,1H3;1-2H3. The molecule has 0 atom stereocenters. The molecule has 0 radical (unpaired) electrons. The van der Waals surface area contributed by atoms with Gasteiger partial charge in [0.15, 0.2) is 0 Å². The van der Waals surface area contributed by atoms with Crippen molar-refractivity contribution in [3.63, 3.8) is 0 Å². The normalized spacial score (nSPS) is 29.5. The predicted molar refractivity (Wildman–Crippen MR) is 78.0 cm³/mol. The summed E-state index contributed by atoms with van der Waals surface area (Å²) in [6.45, 7) is 11.6. The van der Waals surface area contributed by atoms with E-state index >= 15 is 0 Å². The molecule has 1 spiro atoms. The first-order valence-electron chi connectivity index (χ1n) is 7.91. The van der Waals surface area contributed by atoms with Crippen LogP contribution < -0.4 is 5.32 Å². The Hall–Kier alpha value is -0.120. The van der Waals surface area contributed by atoms with Crippen LogP contribution in [0.2, 0.25) is 0 Å². The molecule has 1 aliphatic carbocycles. The minimum absolute atomic E-state index is 0.752. The summed E-state index contributed by atoms with van der Waals surface area (Å²) in [6.07, 6.45) is 5.87. The van der Waals surface area contributed by atoms with E-state index in [9.17, 15) is 0 Å². The zero-order valence-electron chi connectivity index (χ0n) is 12.5. The average molecular weight is 253 g/mol. The third-order valence-electron chi connectivity index (χ3n) is 5.05. The van der Waals surface area contributed by atoms with Crippen molar-refractivity contribution in [3.8, 4) is 0 Å². The Bertz CT molecular complexity index is 232. The third kappa shape index (κ3) is 3.06. The molecular weight excluding hydrogens is 222 g/mol. The Balaban J connectivity index is 0.000000574. The molecule has 0 aromatic carbocycles. The van der Waals surface area contributed by atoms with Gasteiger partial charge in [-0.3, -0.25) is 4.90 Å². The topological polar surface area (TPSA) is 18.5 Å². The van der Waals surface area contributed by atoms with E-state index < -0.39 is 0 Å². The highest BCUT2D eigenvalue weighted by molar-refractivity contribution is 5.01. The maximum absolute atomic E-state index is 3.45. The fourth-order valence-electron chi connectivity index (χ4n) is 3.75. The van der Waals surface area contributed by atoms with E-state index in [4.69, 9.17) is 0 Å². The van der Waals surface area contributed by atoms with Gasteiger partial charge < -0.3 is 10.2 Å². The van der Waals surface area contributed by atoms with Gasteiger partial charge in [0.2, 0.25) is 0 Å². The summed E-state index contributed by atoms with van der Waals surface area (Å²) in [7, 11) is 2.26. The second-order valence-electron chi connectivity index (χ2n) is 6.15. The first-order chi connectivity index (χ1) is 8.77. The SMILES string of the molecule is CC.CN1CCC2(CC1)CC(N1CCNCC1)C2. The molecule has 1 saturated carbocycles. The highest BCUT2D eigenvalue weighted by Gasteiger charge is 2.47. The van der Waals surface area contributed by atoms with Gasteiger partial charge in [-0.15, -0.1) is 0 Å². The van der Waals surface area contributed by atoms with E-state index in [0.29, 0.717) is 0 Å². The van der Waals surface area contributed by atoms with Crippen molar-refractivity contribution in [2.45, 2.75) is 45.6 Å². The third-order valence-corrected chi connectivity index (χ3v) is 5.05. The molecule has 3 rings (SSSR count). The van der Waals surface area contributed by atoms with Crippen molar-refractivity contribution in [2.24, 2.45) is 5.41 Å². The predicted octanol–water partition coefficient (Wildman–Crippen LogP) is 1.79. The van der Waals surface area contributed by atoms with Gasteiger partial charge in [-0.2, -0.15) is 0 Å². The Labute approximate surface area is 113 Å². The van der Waals surface area contributed by atoms with Crippen molar-refractivity contribution in [2.75, 3.05) is 46.3 Å². The van der Waals surface area contributed by atoms with Gasteiger partial charge in [-0.05, 0) is 51.2 Å². The fourth-order valence-corrected chi connectivity index (χ4v) is 3.75. The van der Waals surface area contributed by atoms with Gasteiger partial charge in [-0.1, -0.05) is 13.8 Å². The number of hydrogen-bond donors (Lipinski definition) is 1. The number of likely N-dealkylation sites (tertiary alicyclic amines) is 1. The minimum Gasteiger partial charge on any atom is -0.314 e. The van der Waals surface area contributed by atoms with E-state index in [1.165, 1.54) is 65.0 Å². The molecule has 2 aliphatic heterocycles. The number of nitrogens with one attached hydrogen (secondary N) is 1. The number of piperazine rings is 1. The van der Waals surface area contributed by atoms with E-state index in [1.807, 2.05) is 13.8 Å². The molecule has 1 N–H and O–H groups in total. The van der Waals surface area contributed by atoms with Gasteiger partial charge in [-0.25, -0.2) is 0 Å². The molecule has 106 valence electrons. The van der Waals surface area contributed by atoms with Crippen LogP contribution in [0.5, 0.6) is 0 Å². The first-order valence-corrected chi connectivity index (χ1v) is 7.91. The minimum atomic E-state index is 0.752. The molecule has 18 heavy (non-hydrogen) atoms. The molecule has 0 aromatic heterocycles. The van der Waals surface area contributed by atoms with Crippen molar-refractivity contribution >= 4 is 0 Å². The Kier molecular flexibility index (Phi) is 5.05. The lowest BCUT2D eigenvalue weighted by molar-refractivity contribution is -0.0419. The van der Waals surface area contributed by atoms with Crippen LogP contribution in [0.3, 0.4) is 0 Å². The van der Waals surface area contributed by atoms with Crippen LogP contribution in [0.4, 0.5) is 0 Å². The summed E-state index contributed by atoms with van der Waals surface area (Å²) in [6, 6.07) is 0.922. The molecule has 2 saturated heterocycles. The van der Waals surface area contributed by atoms with Crippen molar-refractivity contribution in [3.05, 3.63) is 0 Å². The summed E-state index contributed by atoms with van der Waals surface area (Å²) in [5.41, 5.74) is 0.752. The maximum atomic E-state index is 3.45. The summed E-state index contributed by atoms with van der Waals surface area (Å²) in [5.74, 6) is 0. The molecule has 3 heteroatoms. The van der Waals surface area contributed by atoms with Crippen LogP contribution in [0.1, 0.15) is 39.5 Å². The Morgan fingerprint density at radius 3 is 2.06 bits per heavy atom. The van der Waals surface area contributed by atoms with E-state index in [2.05, 4.69) is 22.2 Å². The highest BCUT2D eigenvalue weighted by Crippen LogP contribution is 2.50. The largest absolute Gasteiger partial charge is 0.314 e. The van der Waals surface area contributed by atoms with Gasteiger partial charge in [0.05, 0.1) is 0 Å². The highest BCUT2D eigenvalue weighted by atomic mass is 15.2. The van der Waals surface area contributed by atoms with E-state index in [0.717, 1.165) is 11.5 Å². The number of piperidine rings is 1. The molecular formula is C15H31N3. The lowest BCUT2D eigenvalue weighted by Gasteiger charge is -2.55. The number of nitrogens with zero attached hydrogens (tertiary/aromatic N) is 2. The summed E-state index contributed by atoms with van der Waals surface area (Å²) in [5, 5.41) is 3.45. The zero-order valence-corrected chi connectivity index (χ0v) is 12.5. The maximum Gasteiger partial charge on any atom is 0.0110 e. The lowest BCUT2D eigenvalue weighted by Crippen LogP contribution is -2.58. The molecule has 0 bridgehead atoms. The van der Waals surface area contributed by atoms with Crippen LogP contribution in [0, 0.1) is 5.41 Å². The molecule has 0 unspecified atom stereocenters. The van der Waals surface area contributed by atoms with Crippen LogP contribution >= 0.6 is 0 Å². The quantitative estimate of drug-likeness (QED) is 0.769. The van der Waals surface area contributed by atoms with Gasteiger partial charge in [0.1, 0.15) is 0 Å². The van der Waals surface area contributed by atoms with Gasteiger partial charge in [0.25, 0.3) is 0 Å².